The first-order chi connectivity index (χ1) is 14.0. The molecule has 0 fully saturated rings. The predicted octanol–water partition coefficient (Wildman–Crippen LogP) is 3.17. The standard InChI is InChI=1S/C19H23F3N4O3S.HI/c1-13-10-14(4-6-16(13)30(3,27)28)11-26-18(23-2)24-8-9-29-17-7-5-15(12-25-17)19(20,21)22;/h4-7,10,12H,8-9,11H2,1-3H3,(H2,23,24,26);1H. The Hall–Kier alpha value is -2.09. The van der Waals surface area contributed by atoms with E-state index in [0.29, 0.717) is 29.5 Å². The molecule has 0 aliphatic heterocycles. The van der Waals surface area contributed by atoms with Crippen LogP contribution in [0, 0.1) is 6.92 Å². The molecule has 1 aromatic carbocycles. The monoisotopic (exact) mass is 572 g/mol. The van der Waals surface area contributed by atoms with E-state index in [0.717, 1.165) is 17.8 Å². The van der Waals surface area contributed by atoms with Crippen molar-refractivity contribution >= 4 is 39.8 Å². The summed E-state index contributed by atoms with van der Waals surface area (Å²) >= 11 is 0. The molecular formula is C19H24F3IN4O3S. The maximum absolute atomic E-state index is 12.5. The van der Waals surface area contributed by atoms with Gasteiger partial charge in [0, 0.05) is 32.1 Å². The molecule has 0 bridgehead atoms. The maximum atomic E-state index is 12.5. The zero-order chi connectivity index (χ0) is 22.4. The Morgan fingerprint density at radius 1 is 1.19 bits per heavy atom. The highest BCUT2D eigenvalue weighted by Gasteiger charge is 2.30. The van der Waals surface area contributed by atoms with Gasteiger partial charge in [-0.3, -0.25) is 4.99 Å². The fraction of sp³-hybridized carbons (Fsp3) is 0.368. The molecule has 0 spiro atoms. The normalized spacial score (nSPS) is 12.1. The van der Waals surface area contributed by atoms with Crippen LogP contribution in [-0.4, -0.2) is 45.8 Å². The smallest absolute Gasteiger partial charge is 0.417 e. The topological polar surface area (TPSA) is 92.7 Å². The number of nitrogens with one attached hydrogen (secondary N) is 2. The Labute approximate surface area is 196 Å². The van der Waals surface area contributed by atoms with Crippen LogP contribution in [0.4, 0.5) is 13.2 Å². The van der Waals surface area contributed by atoms with Gasteiger partial charge in [-0.25, -0.2) is 13.4 Å². The van der Waals surface area contributed by atoms with Crippen LogP contribution in [0.3, 0.4) is 0 Å². The maximum Gasteiger partial charge on any atom is 0.417 e. The lowest BCUT2D eigenvalue weighted by Crippen LogP contribution is -2.38. The van der Waals surface area contributed by atoms with Crippen LogP contribution in [0.5, 0.6) is 5.88 Å². The minimum atomic E-state index is -4.44. The van der Waals surface area contributed by atoms with Gasteiger partial charge in [-0.05, 0) is 30.2 Å². The lowest BCUT2D eigenvalue weighted by Gasteiger charge is -2.13. The van der Waals surface area contributed by atoms with Gasteiger partial charge in [0.05, 0.1) is 17.0 Å². The van der Waals surface area contributed by atoms with Gasteiger partial charge in [0.25, 0.3) is 0 Å². The van der Waals surface area contributed by atoms with Crippen LogP contribution in [-0.2, 0) is 22.6 Å². The number of halogens is 4. The quantitative estimate of drug-likeness (QED) is 0.229. The third-order valence-electron chi connectivity index (χ3n) is 4.03. The molecule has 0 amide bonds. The second-order valence-corrected chi connectivity index (χ2v) is 8.44. The molecule has 0 aliphatic rings. The van der Waals surface area contributed by atoms with Crippen molar-refractivity contribution in [2.24, 2.45) is 4.99 Å². The number of aliphatic imine (C=N–C) groups is 1. The highest BCUT2D eigenvalue weighted by atomic mass is 127. The average Bonchev–Trinajstić information content (AvgIpc) is 2.66. The summed E-state index contributed by atoms with van der Waals surface area (Å²) in [7, 11) is -1.68. The number of hydrogen-bond acceptors (Lipinski definition) is 5. The van der Waals surface area contributed by atoms with E-state index in [-0.39, 0.29) is 36.5 Å². The average molecular weight is 572 g/mol. The minimum absolute atomic E-state index is 0. The van der Waals surface area contributed by atoms with Crippen molar-refractivity contribution < 1.29 is 26.3 Å². The summed E-state index contributed by atoms with van der Waals surface area (Å²) in [5, 5.41) is 6.09. The van der Waals surface area contributed by atoms with E-state index in [1.54, 1.807) is 32.2 Å². The lowest BCUT2D eigenvalue weighted by molar-refractivity contribution is -0.137. The molecule has 1 heterocycles. The van der Waals surface area contributed by atoms with Crippen LogP contribution in [0.2, 0.25) is 0 Å². The Bertz CT molecular complexity index is 997. The van der Waals surface area contributed by atoms with Crippen molar-refractivity contribution in [3.63, 3.8) is 0 Å². The van der Waals surface area contributed by atoms with Crippen molar-refractivity contribution in [1.82, 2.24) is 15.6 Å². The van der Waals surface area contributed by atoms with Gasteiger partial charge in [0.15, 0.2) is 15.8 Å². The number of benzene rings is 1. The molecule has 0 radical (unpaired) electrons. The number of aryl methyl sites for hydroxylation is 1. The third-order valence-corrected chi connectivity index (χ3v) is 5.29. The lowest BCUT2D eigenvalue weighted by atomic mass is 10.1. The minimum Gasteiger partial charge on any atom is -0.476 e. The number of pyridine rings is 1. The van der Waals surface area contributed by atoms with Crippen LogP contribution in [0.15, 0.2) is 46.4 Å². The van der Waals surface area contributed by atoms with Crippen LogP contribution in [0.25, 0.3) is 0 Å². The van der Waals surface area contributed by atoms with E-state index in [2.05, 4.69) is 20.6 Å². The van der Waals surface area contributed by atoms with E-state index in [9.17, 15) is 21.6 Å². The second kappa shape index (κ2) is 11.5. The number of guanidine groups is 1. The Kier molecular flexibility index (Phi) is 10.0. The third kappa shape index (κ3) is 8.51. The first-order valence-electron chi connectivity index (χ1n) is 8.91. The van der Waals surface area contributed by atoms with E-state index >= 15 is 0 Å². The molecule has 2 N–H and O–H groups in total. The van der Waals surface area contributed by atoms with Gasteiger partial charge in [-0.15, -0.1) is 24.0 Å². The highest BCUT2D eigenvalue weighted by molar-refractivity contribution is 14.0. The van der Waals surface area contributed by atoms with E-state index in [1.165, 1.54) is 12.3 Å². The molecule has 0 atom stereocenters. The van der Waals surface area contributed by atoms with Gasteiger partial charge < -0.3 is 15.4 Å². The van der Waals surface area contributed by atoms with Gasteiger partial charge in [0.1, 0.15) is 6.61 Å². The van der Waals surface area contributed by atoms with Crippen LogP contribution in [0.1, 0.15) is 16.7 Å². The fourth-order valence-corrected chi connectivity index (χ4v) is 3.56. The molecule has 2 aromatic rings. The Morgan fingerprint density at radius 2 is 1.90 bits per heavy atom. The van der Waals surface area contributed by atoms with E-state index < -0.39 is 21.6 Å². The van der Waals surface area contributed by atoms with Crippen molar-refractivity contribution in [2.75, 3.05) is 26.5 Å². The first kappa shape index (κ1) is 26.9. The molecule has 0 aliphatic carbocycles. The summed E-state index contributed by atoms with van der Waals surface area (Å²) in [6.45, 7) is 2.67. The van der Waals surface area contributed by atoms with Crippen molar-refractivity contribution in [3.05, 3.63) is 53.2 Å². The molecule has 0 unspecified atom stereocenters. The zero-order valence-electron chi connectivity index (χ0n) is 17.2. The highest BCUT2D eigenvalue weighted by Crippen LogP contribution is 2.29. The Morgan fingerprint density at radius 3 is 2.42 bits per heavy atom. The summed E-state index contributed by atoms with van der Waals surface area (Å²) in [5.74, 6) is 0.581. The number of alkyl halides is 3. The summed E-state index contributed by atoms with van der Waals surface area (Å²) in [4.78, 5) is 7.99. The molecule has 12 heteroatoms. The predicted molar refractivity (Wildman–Crippen MR) is 123 cm³/mol. The number of hydrogen-bond donors (Lipinski definition) is 2. The number of ether oxygens (including phenoxy) is 1. The SMILES string of the molecule is CN=C(NCCOc1ccc(C(F)(F)F)cn1)NCc1ccc(S(C)(=O)=O)c(C)c1.I. The van der Waals surface area contributed by atoms with Crippen LogP contribution < -0.4 is 15.4 Å². The molecule has 2 rings (SSSR count). The molecule has 172 valence electrons. The number of rotatable bonds is 7. The van der Waals surface area contributed by atoms with Gasteiger partial charge in [-0.2, -0.15) is 13.2 Å². The number of nitrogens with zero attached hydrogens (tertiary/aromatic N) is 2. The fourth-order valence-electron chi connectivity index (χ4n) is 2.60. The molecule has 0 saturated carbocycles. The molecule has 1 aromatic heterocycles. The number of sulfone groups is 1. The molecule has 7 nitrogen and oxygen atoms in total. The summed E-state index contributed by atoms with van der Waals surface area (Å²) in [5.41, 5.74) is 0.711. The summed E-state index contributed by atoms with van der Waals surface area (Å²) in [6.07, 6.45) is -2.55. The molecule has 31 heavy (non-hydrogen) atoms. The van der Waals surface area contributed by atoms with Crippen LogP contribution >= 0.6 is 24.0 Å². The molecule has 0 saturated heterocycles. The number of aromatic nitrogens is 1. The van der Waals surface area contributed by atoms with Gasteiger partial charge >= 0.3 is 6.18 Å². The van der Waals surface area contributed by atoms with Gasteiger partial charge in [0.2, 0.25) is 5.88 Å². The van der Waals surface area contributed by atoms with E-state index in [1.807, 2.05) is 0 Å². The van der Waals surface area contributed by atoms with E-state index in [4.69, 9.17) is 4.74 Å². The van der Waals surface area contributed by atoms with Crippen molar-refractivity contribution in [1.29, 1.82) is 0 Å². The second-order valence-electron chi connectivity index (χ2n) is 6.46. The first-order valence-corrected chi connectivity index (χ1v) is 10.8. The Balaban J connectivity index is 0.00000480. The summed E-state index contributed by atoms with van der Waals surface area (Å²) < 4.78 is 66.2. The molecular weight excluding hydrogens is 548 g/mol. The van der Waals surface area contributed by atoms with Crippen molar-refractivity contribution in [2.45, 2.75) is 24.5 Å². The zero-order valence-corrected chi connectivity index (χ0v) is 20.3. The summed E-state index contributed by atoms with van der Waals surface area (Å²) in [6, 6.07) is 7.16. The largest absolute Gasteiger partial charge is 0.476 e. The van der Waals surface area contributed by atoms with Crippen molar-refractivity contribution in [3.8, 4) is 5.88 Å². The van der Waals surface area contributed by atoms with Gasteiger partial charge in [-0.1, -0.05) is 12.1 Å².